The van der Waals surface area contributed by atoms with Gasteiger partial charge in [-0.3, -0.25) is 9.59 Å². The van der Waals surface area contributed by atoms with Crippen LogP contribution < -0.4 is 4.74 Å². The van der Waals surface area contributed by atoms with Crippen molar-refractivity contribution in [2.45, 2.75) is 71.2 Å². The molecule has 0 saturated heterocycles. The topological polar surface area (TPSA) is 80.6 Å². The molecule has 1 saturated carbocycles. The number of fused-ring (bicyclic) bond motifs is 2. The molecule has 1 aliphatic carbocycles. The number of halogens is 1. The summed E-state index contributed by atoms with van der Waals surface area (Å²) in [6, 6.07) is 11.5. The average molecular weight is 593 g/mol. The Morgan fingerprint density at radius 2 is 1.95 bits per heavy atom. The third-order valence-electron chi connectivity index (χ3n) is 8.49. The fourth-order valence-electron chi connectivity index (χ4n) is 6.41. The standard InChI is InChI=1S/C30H34BrN5O3/c1-2-34-19-32-33-27(34)18-39-26-13-12-24(31)23-14-15-36(29(37)20-8-4-3-5-9-20)25(28(23)26)17-35-16-21-10-6-7-11-22(21)30(35)38/h6-7,10-13,19-20,25H,2-5,8-9,14-18H2,1H3/t25-/m1/s1. The molecular weight excluding hydrogens is 558 g/mol. The van der Waals surface area contributed by atoms with Crippen LogP contribution in [0.5, 0.6) is 5.75 Å². The van der Waals surface area contributed by atoms with E-state index in [0.717, 1.165) is 76.9 Å². The van der Waals surface area contributed by atoms with E-state index in [2.05, 4.69) is 26.1 Å². The molecule has 1 aromatic heterocycles. The number of amides is 2. The van der Waals surface area contributed by atoms with E-state index in [1.54, 1.807) is 6.33 Å². The molecule has 0 unspecified atom stereocenters. The molecule has 0 radical (unpaired) electrons. The van der Waals surface area contributed by atoms with Gasteiger partial charge in [-0.1, -0.05) is 53.4 Å². The number of benzene rings is 2. The van der Waals surface area contributed by atoms with Gasteiger partial charge in [0.1, 0.15) is 18.7 Å². The van der Waals surface area contributed by atoms with Gasteiger partial charge in [0.15, 0.2) is 5.82 Å². The predicted molar refractivity (Wildman–Crippen MR) is 150 cm³/mol. The van der Waals surface area contributed by atoms with Crippen molar-refractivity contribution in [2.75, 3.05) is 13.1 Å². The van der Waals surface area contributed by atoms with E-state index >= 15 is 0 Å². The molecule has 3 aliphatic rings. The van der Waals surface area contributed by atoms with Crippen molar-refractivity contribution in [1.29, 1.82) is 0 Å². The van der Waals surface area contributed by atoms with Gasteiger partial charge in [-0.2, -0.15) is 0 Å². The van der Waals surface area contributed by atoms with E-state index in [1.165, 1.54) is 6.42 Å². The Labute approximate surface area is 237 Å². The molecule has 1 fully saturated rings. The van der Waals surface area contributed by atoms with Crippen LogP contribution in [0.3, 0.4) is 0 Å². The lowest BCUT2D eigenvalue weighted by Crippen LogP contribution is -2.48. The number of nitrogens with zero attached hydrogens (tertiary/aromatic N) is 5. The summed E-state index contributed by atoms with van der Waals surface area (Å²) in [4.78, 5) is 31.4. The number of hydrogen-bond donors (Lipinski definition) is 0. The highest BCUT2D eigenvalue weighted by Crippen LogP contribution is 2.43. The second-order valence-corrected chi connectivity index (χ2v) is 11.6. The van der Waals surface area contributed by atoms with Gasteiger partial charge in [-0.25, -0.2) is 0 Å². The third-order valence-corrected chi connectivity index (χ3v) is 9.24. The Morgan fingerprint density at radius 3 is 2.74 bits per heavy atom. The lowest BCUT2D eigenvalue weighted by atomic mass is 9.85. The second kappa shape index (κ2) is 11.1. The summed E-state index contributed by atoms with van der Waals surface area (Å²) in [5.41, 5.74) is 3.93. The van der Waals surface area contributed by atoms with E-state index < -0.39 is 0 Å². The molecule has 0 N–H and O–H groups in total. The maximum Gasteiger partial charge on any atom is 0.254 e. The van der Waals surface area contributed by atoms with E-state index in [4.69, 9.17) is 4.74 Å². The maximum absolute atomic E-state index is 14.0. The summed E-state index contributed by atoms with van der Waals surface area (Å²) in [5.74, 6) is 1.77. The Morgan fingerprint density at radius 1 is 1.13 bits per heavy atom. The van der Waals surface area contributed by atoms with E-state index in [0.29, 0.717) is 19.6 Å². The van der Waals surface area contributed by atoms with Crippen LogP contribution in [0.2, 0.25) is 0 Å². The summed E-state index contributed by atoms with van der Waals surface area (Å²) >= 11 is 3.77. The fraction of sp³-hybridized carbons (Fsp3) is 0.467. The maximum atomic E-state index is 14.0. The van der Waals surface area contributed by atoms with Crippen molar-refractivity contribution in [1.82, 2.24) is 24.6 Å². The lowest BCUT2D eigenvalue weighted by Gasteiger charge is -2.42. The fourth-order valence-corrected chi connectivity index (χ4v) is 6.96. The van der Waals surface area contributed by atoms with Gasteiger partial charge in [0.05, 0.1) is 6.04 Å². The van der Waals surface area contributed by atoms with Crippen LogP contribution >= 0.6 is 15.9 Å². The number of hydrogen-bond acceptors (Lipinski definition) is 5. The molecule has 3 aromatic rings. The third kappa shape index (κ3) is 4.97. The molecule has 6 rings (SSSR count). The zero-order valence-electron chi connectivity index (χ0n) is 22.3. The Hall–Kier alpha value is -3.20. The first-order valence-corrected chi connectivity index (χ1v) is 14.8. The van der Waals surface area contributed by atoms with Crippen LogP contribution in [0.15, 0.2) is 47.2 Å². The summed E-state index contributed by atoms with van der Waals surface area (Å²) in [6.45, 7) is 4.69. The normalized spacial score (nSPS) is 19.2. The van der Waals surface area contributed by atoms with Crippen molar-refractivity contribution >= 4 is 27.7 Å². The highest BCUT2D eigenvalue weighted by molar-refractivity contribution is 9.10. The lowest BCUT2D eigenvalue weighted by molar-refractivity contribution is -0.140. The Bertz CT molecular complexity index is 1380. The zero-order valence-corrected chi connectivity index (χ0v) is 23.9. The number of carbonyl (C=O) groups excluding carboxylic acids is 2. The number of carbonyl (C=O) groups is 2. The molecule has 3 heterocycles. The van der Waals surface area contributed by atoms with Gasteiger partial charge >= 0.3 is 0 Å². The molecule has 0 spiro atoms. The first kappa shape index (κ1) is 26.0. The van der Waals surface area contributed by atoms with Crippen molar-refractivity contribution < 1.29 is 14.3 Å². The monoisotopic (exact) mass is 591 g/mol. The molecule has 39 heavy (non-hydrogen) atoms. The molecule has 8 nitrogen and oxygen atoms in total. The number of rotatable bonds is 7. The van der Waals surface area contributed by atoms with Crippen LogP contribution in [-0.4, -0.2) is 49.5 Å². The van der Waals surface area contributed by atoms with Gasteiger partial charge < -0.3 is 19.1 Å². The smallest absolute Gasteiger partial charge is 0.254 e. The molecule has 0 bridgehead atoms. The first-order chi connectivity index (χ1) is 19.0. The van der Waals surface area contributed by atoms with Crippen LogP contribution in [-0.2, 0) is 30.9 Å². The largest absolute Gasteiger partial charge is 0.485 e. The first-order valence-electron chi connectivity index (χ1n) is 14.0. The number of aryl methyl sites for hydroxylation is 1. The minimum absolute atomic E-state index is 0.0244. The van der Waals surface area contributed by atoms with Crippen molar-refractivity contribution in [2.24, 2.45) is 5.92 Å². The predicted octanol–water partition coefficient (Wildman–Crippen LogP) is 5.30. The molecule has 1 atom stereocenters. The molecule has 2 amide bonds. The highest BCUT2D eigenvalue weighted by Gasteiger charge is 2.40. The molecule has 2 aromatic carbocycles. The van der Waals surface area contributed by atoms with Crippen LogP contribution in [0.25, 0.3) is 0 Å². The number of ether oxygens (including phenoxy) is 1. The average Bonchev–Trinajstić information content (AvgIpc) is 3.56. The van der Waals surface area contributed by atoms with Crippen molar-refractivity contribution in [3.05, 3.63) is 75.3 Å². The van der Waals surface area contributed by atoms with Crippen molar-refractivity contribution in [3.63, 3.8) is 0 Å². The van der Waals surface area contributed by atoms with Gasteiger partial charge in [0.2, 0.25) is 5.91 Å². The zero-order chi connectivity index (χ0) is 26.9. The second-order valence-electron chi connectivity index (χ2n) is 10.7. The minimum atomic E-state index is -0.294. The van der Waals surface area contributed by atoms with E-state index in [9.17, 15) is 9.59 Å². The molecule has 2 aliphatic heterocycles. The quantitative estimate of drug-likeness (QED) is 0.372. The summed E-state index contributed by atoms with van der Waals surface area (Å²) in [6.07, 6.45) is 7.73. The van der Waals surface area contributed by atoms with Gasteiger partial charge in [0.25, 0.3) is 5.91 Å². The summed E-state index contributed by atoms with van der Waals surface area (Å²) < 4.78 is 9.38. The molecule has 204 valence electrons. The molecule has 9 heteroatoms. The van der Waals surface area contributed by atoms with E-state index in [1.807, 2.05) is 57.7 Å². The summed E-state index contributed by atoms with van der Waals surface area (Å²) in [7, 11) is 0. The van der Waals surface area contributed by atoms with Gasteiger partial charge in [0, 0.05) is 47.7 Å². The summed E-state index contributed by atoms with van der Waals surface area (Å²) in [5, 5.41) is 8.27. The van der Waals surface area contributed by atoms with E-state index in [-0.39, 0.29) is 30.4 Å². The van der Waals surface area contributed by atoms with Gasteiger partial charge in [-0.05, 0) is 55.5 Å². The van der Waals surface area contributed by atoms with Crippen LogP contribution in [0.4, 0.5) is 0 Å². The Kier molecular flexibility index (Phi) is 7.42. The number of aromatic nitrogens is 3. The molecular formula is C30H34BrN5O3. The van der Waals surface area contributed by atoms with Crippen LogP contribution in [0, 0.1) is 5.92 Å². The highest BCUT2D eigenvalue weighted by atomic mass is 79.9. The SMILES string of the molecule is CCn1cnnc1COc1ccc(Br)c2c1[C@@H](CN1Cc3ccccc3C1=O)N(C(=O)C1CCCCC1)CC2. The van der Waals surface area contributed by atoms with Gasteiger partial charge in [-0.15, -0.1) is 10.2 Å². The Balaban J connectivity index is 1.36. The van der Waals surface area contributed by atoms with Crippen molar-refractivity contribution in [3.8, 4) is 5.75 Å². The minimum Gasteiger partial charge on any atom is -0.485 e. The van der Waals surface area contributed by atoms with Crippen LogP contribution in [0.1, 0.15) is 77.9 Å².